The van der Waals surface area contributed by atoms with Gasteiger partial charge in [-0.25, -0.2) is 4.99 Å². The number of aliphatic imine (C=N–C) groups is 1. The molecule has 1 rings (SSSR count). The highest BCUT2D eigenvalue weighted by Crippen LogP contribution is 2.31. The van der Waals surface area contributed by atoms with Gasteiger partial charge in [0.15, 0.2) is 0 Å². The number of hydrogen-bond acceptors (Lipinski definition) is 4. The van der Waals surface area contributed by atoms with Gasteiger partial charge in [-0.1, -0.05) is 5.22 Å². The van der Waals surface area contributed by atoms with E-state index in [1.807, 2.05) is 0 Å². The summed E-state index contributed by atoms with van der Waals surface area (Å²) in [6.07, 6.45) is 1.18. The molecule has 14 heavy (non-hydrogen) atoms. The van der Waals surface area contributed by atoms with Gasteiger partial charge >= 0.3 is 0 Å². The highest BCUT2D eigenvalue weighted by atomic mass is 16.5. The van der Waals surface area contributed by atoms with E-state index in [0.29, 0.717) is 17.1 Å². The van der Waals surface area contributed by atoms with Crippen LogP contribution in [-0.4, -0.2) is 13.4 Å². The standard InChI is InChI=1S/C8H11N5O/c1-14-6-2-3-7(11-5-9)8(4-6)12-13-10/h2-5H,1H3,(H2,9,11)(H2,10,12). The van der Waals surface area contributed by atoms with Crippen LogP contribution in [0, 0.1) is 0 Å². The van der Waals surface area contributed by atoms with Gasteiger partial charge in [0.1, 0.15) is 11.4 Å². The van der Waals surface area contributed by atoms with Crippen molar-refractivity contribution >= 4 is 17.7 Å². The van der Waals surface area contributed by atoms with Crippen LogP contribution in [0.3, 0.4) is 0 Å². The summed E-state index contributed by atoms with van der Waals surface area (Å²) in [5, 5.41) is 6.87. The molecule has 0 atom stereocenters. The lowest BCUT2D eigenvalue weighted by molar-refractivity contribution is 0.415. The first-order valence-corrected chi connectivity index (χ1v) is 3.85. The van der Waals surface area contributed by atoms with Gasteiger partial charge in [-0.15, -0.1) is 5.11 Å². The molecule has 6 heteroatoms. The fourth-order valence-corrected chi connectivity index (χ4v) is 0.962. The van der Waals surface area contributed by atoms with Crippen molar-refractivity contribution in [3.8, 4) is 5.75 Å². The van der Waals surface area contributed by atoms with Gasteiger partial charge in [-0.3, -0.25) is 0 Å². The Morgan fingerprint density at radius 1 is 1.36 bits per heavy atom. The molecular formula is C8H11N5O. The molecule has 0 spiro atoms. The number of nitrogens with zero attached hydrogens (tertiary/aromatic N) is 3. The molecule has 0 fully saturated rings. The van der Waals surface area contributed by atoms with Crippen molar-refractivity contribution in [3.05, 3.63) is 18.2 Å². The van der Waals surface area contributed by atoms with Gasteiger partial charge in [-0.05, 0) is 12.1 Å². The summed E-state index contributed by atoms with van der Waals surface area (Å²) in [5.74, 6) is 5.61. The zero-order valence-electron chi connectivity index (χ0n) is 7.71. The Hall–Kier alpha value is -2.11. The van der Waals surface area contributed by atoms with Crippen molar-refractivity contribution in [3.63, 3.8) is 0 Å². The zero-order valence-corrected chi connectivity index (χ0v) is 7.71. The number of hydrogen-bond donors (Lipinski definition) is 2. The molecule has 0 aliphatic carbocycles. The molecule has 1 aromatic carbocycles. The summed E-state index contributed by atoms with van der Waals surface area (Å²) < 4.78 is 5.01. The van der Waals surface area contributed by atoms with E-state index in [1.54, 1.807) is 25.3 Å². The van der Waals surface area contributed by atoms with Crippen molar-refractivity contribution in [2.75, 3.05) is 7.11 Å². The SMILES string of the molecule is COc1ccc(N=CN)c(N=NN)c1. The maximum atomic E-state index is 5.17. The third kappa shape index (κ3) is 2.19. The van der Waals surface area contributed by atoms with Gasteiger partial charge in [-0.2, -0.15) is 0 Å². The summed E-state index contributed by atoms with van der Waals surface area (Å²) in [6.45, 7) is 0. The lowest BCUT2D eigenvalue weighted by Gasteiger charge is -2.02. The van der Waals surface area contributed by atoms with Crippen LogP contribution in [0.15, 0.2) is 33.5 Å². The molecule has 74 valence electrons. The Kier molecular flexibility index (Phi) is 3.42. The van der Waals surface area contributed by atoms with Crippen molar-refractivity contribution in [2.45, 2.75) is 0 Å². The van der Waals surface area contributed by atoms with Crippen LogP contribution < -0.4 is 16.3 Å². The summed E-state index contributed by atoms with van der Waals surface area (Å²) in [4.78, 5) is 3.89. The van der Waals surface area contributed by atoms with Gasteiger partial charge in [0.05, 0.1) is 19.1 Å². The minimum atomic E-state index is 0.508. The van der Waals surface area contributed by atoms with Crippen LogP contribution in [0.5, 0.6) is 5.75 Å². The first kappa shape index (κ1) is 9.97. The van der Waals surface area contributed by atoms with E-state index in [0.717, 1.165) is 0 Å². The van der Waals surface area contributed by atoms with Gasteiger partial charge in [0, 0.05) is 6.07 Å². The molecule has 0 saturated heterocycles. The topological polar surface area (TPSA) is 98.3 Å². The molecule has 6 nitrogen and oxygen atoms in total. The van der Waals surface area contributed by atoms with E-state index in [4.69, 9.17) is 16.3 Å². The minimum Gasteiger partial charge on any atom is -0.497 e. The summed E-state index contributed by atoms with van der Waals surface area (Å²) >= 11 is 0. The predicted octanol–water partition coefficient (Wildman–Crippen LogP) is 1.27. The highest BCUT2D eigenvalue weighted by Gasteiger charge is 2.01. The third-order valence-electron chi connectivity index (χ3n) is 1.56. The zero-order chi connectivity index (χ0) is 10.4. The van der Waals surface area contributed by atoms with Crippen LogP contribution in [0.4, 0.5) is 11.4 Å². The molecule has 0 aliphatic heterocycles. The Morgan fingerprint density at radius 2 is 2.14 bits per heavy atom. The molecule has 0 amide bonds. The average molecular weight is 193 g/mol. The van der Waals surface area contributed by atoms with Gasteiger partial charge in [0.25, 0.3) is 0 Å². The summed E-state index contributed by atoms with van der Waals surface area (Å²) in [5.41, 5.74) is 6.26. The Morgan fingerprint density at radius 3 is 2.71 bits per heavy atom. The van der Waals surface area contributed by atoms with Crippen molar-refractivity contribution in [2.24, 2.45) is 26.9 Å². The van der Waals surface area contributed by atoms with E-state index in [1.165, 1.54) is 6.34 Å². The molecular weight excluding hydrogens is 182 g/mol. The van der Waals surface area contributed by atoms with Gasteiger partial charge < -0.3 is 16.3 Å². The van der Waals surface area contributed by atoms with Crippen LogP contribution in [0.1, 0.15) is 0 Å². The van der Waals surface area contributed by atoms with E-state index < -0.39 is 0 Å². The van der Waals surface area contributed by atoms with E-state index in [2.05, 4.69) is 15.3 Å². The second kappa shape index (κ2) is 4.80. The lowest BCUT2D eigenvalue weighted by atomic mass is 10.2. The molecule has 0 radical (unpaired) electrons. The predicted molar refractivity (Wildman–Crippen MR) is 54.0 cm³/mol. The largest absolute Gasteiger partial charge is 0.497 e. The maximum Gasteiger partial charge on any atom is 0.121 e. The van der Waals surface area contributed by atoms with Crippen LogP contribution in [0.25, 0.3) is 0 Å². The molecule has 0 bridgehead atoms. The molecule has 1 aromatic rings. The molecule has 4 N–H and O–H groups in total. The Labute approximate surface area is 81.3 Å². The quantitative estimate of drug-likeness (QED) is 0.248. The molecule has 0 aliphatic rings. The number of benzene rings is 1. The summed E-state index contributed by atoms with van der Waals surface area (Å²) in [7, 11) is 1.56. The van der Waals surface area contributed by atoms with E-state index in [9.17, 15) is 0 Å². The van der Waals surface area contributed by atoms with Crippen LogP contribution in [0.2, 0.25) is 0 Å². The second-order valence-corrected chi connectivity index (χ2v) is 2.35. The first-order valence-electron chi connectivity index (χ1n) is 3.85. The normalized spacial score (nSPS) is 11.2. The fraction of sp³-hybridized carbons (Fsp3) is 0.125. The summed E-state index contributed by atoms with van der Waals surface area (Å²) in [6, 6.07) is 5.13. The van der Waals surface area contributed by atoms with Crippen LogP contribution in [-0.2, 0) is 0 Å². The Bertz CT molecular complexity index is 361. The van der Waals surface area contributed by atoms with Crippen molar-refractivity contribution in [1.29, 1.82) is 0 Å². The number of methoxy groups -OCH3 is 1. The number of rotatable bonds is 3. The van der Waals surface area contributed by atoms with Crippen molar-refractivity contribution in [1.82, 2.24) is 0 Å². The third-order valence-corrected chi connectivity index (χ3v) is 1.56. The van der Waals surface area contributed by atoms with Crippen LogP contribution >= 0.6 is 0 Å². The van der Waals surface area contributed by atoms with E-state index >= 15 is 0 Å². The number of ether oxygens (including phenoxy) is 1. The van der Waals surface area contributed by atoms with Crippen molar-refractivity contribution < 1.29 is 4.74 Å². The Balaban J connectivity index is 3.16. The monoisotopic (exact) mass is 193 g/mol. The minimum absolute atomic E-state index is 0.508. The molecule has 0 aromatic heterocycles. The van der Waals surface area contributed by atoms with E-state index in [-0.39, 0.29) is 0 Å². The lowest BCUT2D eigenvalue weighted by Crippen LogP contribution is -1.87. The second-order valence-electron chi connectivity index (χ2n) is 2.35. The average Bonchev–Trinajstić information content (AvgIpc) is 2.21. The molecule has 0 unspecified atom stereocenters. The highest BCUT2D eigenvalue weighted by molar-refractivity contribution is 5.69. The molecule has 0 saturated carbocycles. The smallest absolute Gasteiger partial charge is 0.121 e. The molecule has 0 heterocycles. The van der Waals surface area contributed by atoms with Gasteiger partial charge in [0.2, 0.25) is 0 Å². The maximum absolute atomic E-state index is 5.17. The fourth-order valence-electron chi connectivity index (χ4n) is 0.962. The number of nitrogens with two attached hydrogens (primary N) is 2. The first-order chi connectivity index (χ1) is 6.81.